The molecule has 0 saturated carbocycles. The van der Waals surface area contributed by atoms with Gasteiger partial charge < -0.3 is 9.64 Å². The lowest BCUT2D eigenvalue weighted by molar-refractivity contribution is 0.0289. The van der Waals surface area contributed by atoms with E-state index < -0.39 is 0 Å². The van der Waals surface area contributed by atoms with Crippen LogP contribution in [0.3, 0.4) is 0 Å². The van der Waals surface area contributed by atoms with Crippen LogP contribution >= 0.6 is 0 Å². The summed E-state index contributed by atoms with van der Waals surface area (Å²) >= 11 is 0. The molecule has 0 aromatic rings. The topological polar surface area (TPSA) is 29.5 Å². The molecule has 1 aliphatic carbocycles. The molecule has 1 unspecified atom stereocenters. The quantitative estimate of drug-likeness (QED) is 0.574. The summed E-state index contributed by atoms with van der Waals surface area (Å²) in [6, 6.07) is 0. The maximum atomic E-state index is 11.8. The summed E-state index contributed by atoms with van der Waals surface area (Å²) in [6.45, 7) is 7.34. The van der Waals surface area contributed by atoms with Crippen molar-refractivity contribution in [3.05, 3.63) is 11.6 Å². The van der Waals surface area contributed by atoms with Crippen LogP contribution in [0.25, 0.3) is 0 Å². The van der Waals surface area contributed by atoms with E-state index in [0.29, 0.717) is 5.92 Å². The Morgan fingerprint density at radius 2 is 2.27 bits per heavy atom. The maximum absolute atomic E-state index is 11.8. The molecule has 1 aliphatic heterocycles. The lowest BCUT2D eigenvalue weighted by Crippen LogP contribution is -2.35. The van der Waals surface area contributed by atoms with Crippen LogP contribution in [-0.2, 0) is 4.74 Å². The van der Waals surface area contributed by atoms with Crippen molar-refractivity contribution < 1.29 is 9.53 Å². The van der Waals surface area contributed by atoms with Gasteiger partial charge in [-0.2, -0.15) is 0 Å². The molecule has 3 heteroatoms. The predicted molar refractivity (Wildman–Crippen MR) is 58.6 cm³/mol. The van der Waals surface area contributed by atoms with Crippen molar-refractivity contribution in [3.63, 3.8) is 0 Å². The van der Waals surface area contributed by atoms with Crippen molar-refractivity contribution in [2.24, 2.45) is 5.92 Å². The van der Waals surface area contributed by atoms with Gasteiger partial charge in [0.05, 0.1) is 0 Å². The molecule has 3 nitrogen and oxygen atoms in total. The van der Waals surface area contributed by atoms with Gasteiger partial charge in [0, 0.05) is 13.1 Å². The zero-order valence-electron chi connectivity index (χ0n) is 9.75. The Kier molecular flexibility index (Phi) is 2.49. The molecule has 0 aromatic carbocycles. The summed E-state index contributed by atoms with van der Waals surface area (Å²) < 4.78 is 5.35. The molecular weight excluding hydrogens is 190 g/mol. The highest BCUT2D eigenvalue weighted by Crippen LogP contribution is 2.33. The van der Waals surface area contributed by atoms with E-state index in [-0.39, 0.29) is 11.7 Å². The van der Waals surface area contributed by atoms with Crippen LogP contribution in [0, 0.1) is 5.92 Å². The smallest absolute Gasteiger partial charge is 0.410 e. The van der Waals surface area contributed by atoms with Crippen molar-refractivity contribution >= 4 is 6.09 Å². The number of fused-ring (bicyclic) bond motifs is 1. The average Bonchev–Trinajstić information content (AvgIpc) is 2.56. The molecule has 1 amide bonds. The second-order valence-corrected chi connectivity index (χ2v) is 5.41. The molecular formula is C12H19NO2. The highest BCUT2D eigenvalue weighted by atomic mass is 16.6. The summed E-state index contributed by atoms with van der Waals surface area (Å²) in [7, 11) is 0. The number of likely N-dealkylation sites (tertiary alicyclic amines) is 1. The molecule has 2 aliphatic rings. The van der Waals surface area contributed by atoms with Crippen molar-refractivity contribution in [3.8, 4) is 0 Å². The zero-order valence-corrected chi connectivity index (χ0v) is 9.75. The number of nitrogens with zero attached hydrogens (tertiary/aromatic N) is 1. The van der Waals surface area contributed by atoms with Crippen LogP contribution in [0.4, 0.5) is 4.79 Å². The van der Waals surface area contributed by atoms with Gasteiger partial charge in [-0.3, -0.25) is 0 Å². The van der Waals surface area contributed by atoms with Crippen LogP contribution in [0.2, 0.25) is 0 Å². The first-order valence-electron chi connectivity index (χ1n) is 5.62. The van der Waals surface area contributed by atoms with Crippen LogP contribution in [-0.4, -0.2) is 29.7 Å². The third-order valence-corrected chi connectivity index (χ3v) is 2.91. The third-order valence-electron chi connectivity index (χ3n) is 2.91. The van der Waals surface area contributed by atoms with Crippen LogP contribution in [0.1, 0.15) is 33.6 Å². The Labute approximate surface area is 91.1 Å². The van der Waals surface area contributed by atoms with Crippen molar-refractivity contribution in [1.82, 2.24) is 4.90 Å². The molecule has 1 heterocycles. The van der Waals surface area contributed by atoms with Gasteiger partial charge in [-0.25, -0.2) is 4.79 Å². The SMILES string of the molecule is CC(C)(C)OC(=O)N1CC2=CCCC2C1. The molecule has 0 N–H and O–H groups in total. The highest BCUT2D eigenvalue weighted by molar-refractivity contribution is 5.69. The van der Waals surface area contributed by atoms with E-state index in [1.807, 2.05) is 25.7 Å². The van der Waals surface area contributed by atoms with Gasteiger partial charge in [-0.1, -0.05) is 6.08 Å². The largest absolute Gasteiger partial charge is 0.444 e. The number of amides is 1. The molecule has 15 heavy (non-hydrogen) atoms. The summed E-state index contributed by atoms with van der Waals surface area (Å²) in [4.78, 5) is 13.6. The lowest BCUT2D eigenvalue weighted by atomic mass is 10.1. The summed E-state index contributed by atoms with van der Waals surface area (Å²) in [5.41, 5.74) is 1.05. The van der Waals surface area contributed by atoms with Crippen molar-refractivity contribution in [1.29, 1.82) is 0 Å². The summed E-state index contributed by atoms with van der Waals surface area (Å²) in [5.74, 6) is 0.609. The molecule has 1 atom stereocenters. The number of rotatable bonds is 0. The molecule has 1 fully saturated rings. The standard InChI is InChI=1S/C12H19NO2/c1-12(2,3)15-11(14)13-7-9-5-4-6-10(9)8-13/h5,10H,4,6-8H2,1-3H3. The fourth-order valence-electron chi connectivity index (χ4n) is 2.24. The second-order valence-electron chi connectivity index (χ2n) is 5.41. The first-order valence-corrected chi connectivity index (χ1v) is 5.62. The van der Waals surface area contributed by atoms with Gasteiger partial charge in [-0.05, 0) is 45.1 Å². The second kappa shape index (κ2) is 3.54. The lowest BCUT2D eigenvalue weighted by Gasteiger charge is -2.24. The predicted octanol–water partition coefficient (Wildman–Crippen LogP) is 2.57. The number of hydrogen-bond donors (Lipinski definition) is 0. The summed E-state index contributed by atoms with van der Waals surface area (Å²) in [6.07, 6.45) is 4.49. The van der Waals surface area contributed by atoms with E-state index in [1.165, 1.54) is 18.4 Å². The minimum atomic E-state index is -0.386. The third kappa shape index (κ3) is 2.33. The van der Waals surface area contributed by atoms with E-state index in [2.05, 4.69) is 6.08 Å². The van der Waals surface area contributed by atoms with Gasteiger partial charge in [0.15, 0.2) is 0 Å². The normalized spacial score (nSPS) is 25.1. The Morgan fingerprint density at radius 1 is 1.53 bits per heavy atom. The van der Waals surface area contributed by atoms with Crippen LogP contribution < -0.4 is 0 Å². The van der Waals surface area contributed by atoms with E-state index in [1.54, 1.807) is 0 Å². The van der Waals surface area contributed by atoms with E-state index in [4.69, 9.17) is 4.74 Å². The van der Waals surface area contributed by atoms with Gasteiger partial charge in [-0.15, -0.1) is 0 Å². The zero-order chi connectivity index (χ0) is 11.1. The van der Waals surface area contributed by atoms with Gasteiger partial charge in [0.1, 0.15) is 5.60 Å². The average molecular weight is 209 g/mol. The minimum absolute atomic E-state index is 0.169. The van der Waals surface area contributed by atoms with E-state index in [9.17, 15) is 4.79 Å². The van der Waals surface area contributed by atoms with Crippen molar-refractivity contribution in [2.75, 3.05) is 13.1 Å². The van der Waals surface area contributed by atoms with Crippen LogP contribution in [0.15, 0.2) is 11.6 Å². The molecule has 0 spiro atoms. The fourth-order valence-corrected chi connectivity index (χ4v) is 2.24. The first kappa shape index (κ1) is 10.5. The maximum Gasteiger partial charge on any atom is 0.410 e. The van der Waals surface area contributed by atoms with Gasteiger partial charge in [0.2, 0.25) is 0 Å². The Balaban J connectivity index is 1.94. The number of ether oxygens (including phenoxy) is 1. The molecule has 2 rings (SSSR count). The number of hydrogen-bond acceptors (Lipinski definition) is 2. The summed E-state index contributed by atoms with van der Waals surface area (Å²) in [5, 5.41) is 0. The van der Waals surface area contributed by atoms with Gasteiger partial charge >= 0.3 is 6.09 Å². The monoisotopic (exact) mass is 209 g/mol. The fraction of sp³-hybridized carbons (Fsp3) is 0.750. The Bertz CT molecular complexity index is 301. The molecule has 0 bridgehead atoms. The first-order chi connectivity index (χ1) is 6.96. The number of carbonyl (C=O) groups is 1. The van der Waals surface area contributed by atoms with Gasteiger partial charge in [0.25, 0.3) is 0 Å². The Morgan fingerprint density at radius 3 is 2.87 bits per heavy atom. The molecule has 84 valence electrons. The number of carbonyl (C=O) groups excluding carboxylic acids is 1. The minimum Gasteiger partial charge on any atom is -0.444 e. The van der Waals surface area contributed by atoms with Crippen molar-refractivity contribution in [2.45, 2.75) is 39.2 Å². The molecule has 0 radical (unpaired) electrons. The number of allylic oxidation sites excluding steroid dienone is 1. The van der Waals surface area contributed by atoms with E-state index in [0.717, 1.165) is 13.1 Å². The molecule has 0 aromatic heterocycles. The highest BCUT2D eigenvalue weighted by Gasteiger charge is 2.34. The molecule has 1 saturated heterocycles. The van der Waals surface area contributed by atoms with E-state index >= 15 is 0 Å². The Hall–Kier alpha value is -0.990. The van der Waals surface area contributed by atoms with Crippen LogP contribution in [0.5, 0.6) is 0 Å².